The van der Waals surface area contributed by atoms with Gasteiger partial charge in [-0.05, 0) is 23.4 Å². The van der Waals surface area contributed by atoms with Gasteiger partial charge in [0.25, 0.3) is 5.91 Å². The third-order valence-electron chi connectivity index (χ3n) is 2.75. The van der Waals surface area contributed by atoms with Crippen LogP contribution in [-0.4, -0.2) is 39.6 Å². The fraction of sp³-hybridized carbons (Fsp3) is 0.455. The van der Waals surface area contributed by atoms with Gasteiger partial charge in [-0.1, -0.05) is 6.92 Å². The summed E-state index contributed by atoms with van der Waals surface area (Å²) in [5, 5.41) is 10.9. The van der Waals surface area contributed by atoms with E-state index in [1.54, 1.807) is 0 Å². The molecular formula is C11H13NO3S2. The molecule has 17 heavy (non-hydrogen) atoms. The molecule has 0 spiro atoms. The van der Waals surface area contributed by atoms with E-state index >= 15 is 0 Å². The summed E-state index contributed by atoms with van der Waals surface area (Å²) in [5.41, 5.74) is 1.00. The lowest BCUT2D eigenvalue weighted by Crippen LogP contribution is -2.41. The summed E-state index contributed by atoms with van der Waals surface area (Å²) >= 11 is 2.88. The maximum absolute atomic E-state index is 12.3. The maximum Gasteiger partial charge on any atom is 0.327 e. The van der Waals surface area contributed by atoms with E-state index < -0.39 is 12.0 Å². The van der Waals surface area contributed by atoms with Crippen molar-refractivity contribution in [2.45, 2.75) is 19.4 Å². The molecule has 1 aliphatic heterocycles. The van der Waals surface area contributed by atoms with Crippen molar-refractivity contribution in [1.82, 2.24) is 4.90 Å². The topological polar surface area (TPSA) is 57.6 Å². The van der Waals surface area contributed by atoms with Gasteiger partial charge in [0, 0.05) is 5.75 Å². The van der Waals surface area contributed by atoms with Gasteiger partial charge < -0.3 is 10.0 Å². The number of hydrogen-bond donors (Lipinski definition) is 1. The Morgan fingerprint density at radius 1 is 1.59 bits per heavy atom. The van der Waals surface area contributed by atoms with E-state index in [2.05, 4.69) is 0 Å². The van der Waals surface area contributed by atoms with Crippen molar-refractivity contribution in [2.75, 3.05) is 11.6 Å². The van der Waals surface area contributed by atoms with Crippen LogP contribution < -0.4 is 0 Å². The van der Waals surface area contributed by atoms with Crippen LogP contribution in [0.25, 0.3) is 0 Å². The number of carbonyl (C=O) groups is 2. The molecule has 1 fully saturated rings. The summed E-state index contributed by atoms with van der Waals surface area (Å²) < 4.78 is 0. The Kier molecular flexibility index (Phi) is 3.73. The summed E-state index contributed by atoms with van der Waals surface area (Å²) in [4.78, 5) is 25.4. The van der Waals surface area contributed by atoms with Crippen molar-refractivity contribution in [3.05, 3.63) is 21.9 Å². The Hall–Kier alpha value is -1.01. The highest BCUT2D eigenvalue weighted by molar-refractivity contribution is 7.99. The van der Waals surface area contributed by atoms with E-state index in [4.69, 9.17) is 5.11 Å². The first kappa shape index (κ1) is 12.4. The number of carbonyl (C=O) groups excluding carboxylic acids is 1. The summed E-state index contributed by atoms with van der Waals surface area (Å²) in [6, 6.07) is 1.25. The summed E-state index contributed by atoms with van der Waals surface area (Å²) in [5.74, 6) is -0.114. The lowest BCUT2D eigenvalue weighted by Gasteiger charge is -2.20. The summed E-state index contributed by atoms with van der Waals surface area (Å²) in [6.45, 7) is 1.99. The first-order valence-corrected chi connectivity index (χ1v) is 7.36. The average molecular weight is 271 g/mol. The second-order valence-corrected chi connectivity index (χ2v) is 5.67. The largest absolute Gasteiger partial charge is 0.480 e. The number of carboxylic acid groups (broad SMARTS) is 1. The van der Waals surface area contributed by atoms with Gasteiger partial charge in [0.2, 0.25) is 0 Å². The molecule has 1 amide bonds. The molecule has 92 valence electrons. The predicted molar refractivity (Wildman–Crippen MR) is 68.6 cm³/mol. The molecule has 0 bridgehead atoms. The molecule has 1 N–H and O–H groups in total. The molecule has 1 aromatic heterocycles. The lowest BCUT2D eigenvalue weighted by molar-refractivity contribution is -0.140. The molecule has 1 unspecified atom stereocenters. The second kappa shape index (κ2) is 5.10. The van der Waals surface area contributed by atoms with E-state index in [1.165, 1.54) is 28.0 Å². The molecule has 0 aromatic carbocycles. The first-order valence-electron chi connectivity index (χ1n) is 5.33. The van der Waals surface area contributed by atoms with Gasteiger partial charge in [-0.2, -0.15) is 0 Å². The zero-order valence-corrected chi connectivity index (χ0v) is 11.0. The van der Waals surface area contributed by atoms with Gasteiger partial charge in [0.1, 0.15) is 6.04 Å². The number of rotatable bonds is 3. The van der Waals surface area contributed by atoms with E-state index in [1.807, 2.05) is 18.4 Å². The molecule has 0 saturated carbocycles. The van der Waals surface area contributed by atoms with E-state index in [0.717, 1.165) is 12.0 Å². The molecule has 0 aliphatic carbocycles. The predicted octanol–water partition coefficient (Wildman–Crippen LogP) is 1.91. The molecule has 4 nitrogen and oxygen atoms in total. The smallest absolute Gasteiger partial charge is 0.327 e. The normalized spacial score (nSPS) is 19.6. The van der Waals surface area contributed by atoms with Crippen molar-refractivity contribution in [3.8, 4) is 0 Å². The van der Waals surface area contributed by atoms with E-state index in [0.29, 0.717) is 16.5 Å². The zero-order chi connectivity index (χ0) is 12.4. The van der Waals surface area contributed by atoms with Crippen LogP contribution in [0.1, 0.15) is 22.2 Å². The van der Waals surface area contributed by atoms with Crippen molar-refractivity contribution < 1.29 is 14.7 Å². The average Bonchev–Trinajstić information content (AvgIpc) is 2.96. The quantitative estimate of drug-likeness (QED) is 0.912. The fourth-order valence-corrected chi connectivity index (χ4v) is 3.87. The maximum atomic E-state index is 12.3. The molecule has 0 radical (unpaired) electrons. The molecule has 1 atom stereocenters. The highest BCUT2D eigenvalue weighted by atomic mass is 32.2. The molecule has 1 aromatic rings. The number of thiophene rings is 1. The monoisotopic (exact) mass is 271 g/mol. The molecule has 2 heterocycles. The van der Waals surface area contributed by atoms with Crippen LogP contribution in [0.3, 0.4) is 0 Å². The number of aryl methyl sites for hydroxylation is 1. The van der Waals surface area contributed by atoms with Gasteiger partial charge in [-0.3, -0.25) is 4.79 Å². The Labute approximate surface area is 108 Å². The Balaban J connectivity index is 2.23. The lowest BCUT2D eigenvalue weighted by atomic mass is 10.2. The van der Waals surface area contributed by atoms with Gasteiger partial charge in [-0.25, -0.2) is 4.79 Å². The van der Waals surface area contributed by atoms with Crippen LogP contribution in [0.4, 0.5) is 0 Å². The van der Waals surface area contributed by atoms with Crippen LogP contribution >= 0.6 is 23.1 Å². The number of thioether (sulfide) groups is 1. The van der Waals surface area contributed by atoms with Crippen LogP contribution in [-0.2, 0) is 11.2 Å². The summed E-state index contributed by atoms with van der Waals surface area (Å²) in [6.07, 6.45) is 0.795. The van der Waals surface area contributed by atoms with Crippen molar-refractivity contribution in [3.63, 3.8) is 0 Å². The summed E-state index contributed by atoms with van der Waals surface area (Å²) in [7, 11) is 0. The van der Waals surface area contributed by atoms with Gasteiger partial charge in [-0.15, -0.1) is 23.1 Å². The number of aliphatic carboxylic acids is 1. The third kappa shape index (κ3) is 2.32. The first-order chi connectivity index (χ1) is 8.15. The molecular weight excluding hydrogens is 258 g/mol. The highest BCUT2D eigenvalue weighted by Gasteiger charge is 2.35. The number of carboxylic acids is 1. The van der Waals surface area contributed by atoms with Gasteiger partial charge >= 0.3 is 5.97 Å². The fourth-order valence-electron chi connectivity index (χ4n) is 1.78. The molecule has 2 rings (SSSR count). The van der Waals surface area contributed by atoms with E-state index in [9.17, 15) is 9.59 Å². The molecule has 6 heteroatoms. The number of nitrogens with zero attached hydrogens (tertiary/aromatic N) is 1. The van der Waals surface area contributed by atoms with Crippen LogP contribution in [0, 0.1) is 0 Å². The molecule has 1 saturated heterocycles. The zero-order valence-electron chi connectivity index (χ0n) is 9.38. The third-order valence-corrected chi connectivity index (χ3v) is 4.71. The van der Waals surface area contributed by atoms with E-state index in [-0.39, 0.29) is 5.91 Å². The van der Waals surface area contributed by atoms with Crippen LogP contribution in [0.15, 0.2) is 11.4 Å². The van der Waals surface area contributed by atoms with Crippen molar-refractivity contribution in [1.29, 1.82) is 0 Å². The van der Waals surface area contributed by atoms with Crippen LogP contribution in [0.2, 0.25) is 0 Å². The standard InChI is InChI=1S/C11H13NO3S2/c1-2-7-3-4-17-9(7)10(13)12-6-16-5-8(12)11(14)15/h3-4,8H,2,5-6H2,1H3,(H,14,15). The number of hydrogen-bond acceptors (Lipinski definition) is 4. The highest BCUT2D eigenvalue weighted by Crippen LogP contribution is 2.27. The van der Waals surface area contributed by atoms with Gasteiger partial charge in [0.15, 0.2) is 0 Å². The van der Waals surface area contributed by atoms with Crippen molar-refractivity contribution in [2.24, 2.45) is 0 Å². The second-order valence-electron chi connectivity index (χ2n) is 3.76. The minimum absolute atomic E-state index is 0.144. The Bertz CT molecular complexity index is 444. The van der Waals surface area contributed by atoms with Crippen LogP contribution in [0.5, 0.6) is 0 Å². The van der Waals surface area contributed by atoms with Crippen molar-refractivity contribution >= 4 is 35.0 Å². The molecule has 1 aliphatic rings. The minimum atomic E-state index is -0.919. The number of amides is 1. The Morgan fingerprint density at radius 2 is 2.35 bits per heavy atom. The Morgan fingerprint density at radius 3 is 3.00 bits per heavy atom. The minimum Gasteiger partial charge on any atom is -0.480 e. The SMILES string of the molecule is CCc1ccsc1C(=O)N1CSCC1C(=O)O. The van der Waals surface area contributed by atoms with Gasteiger partial charge in [0.05, 0.1) is 10.8 Å².